The number of halogens is 1. The minimum atomic E-state index is -0.120. The summed E-state index contributed by atoms with van der Waals surface area (Å²) < 4.78 is 1.88. The van der Waals surface area contributed by atoms with Gasteiger partial charge in [0.1, 0.15) is 0 Å². The number of carbonyl (C=O) groups is 1. The minimum Gasteiger partial charge on any atom is -0.325 e. The third kappa shape index (κ3) is 4.84. The van der Waals surface area contributed by atoms with Crippen molar-refractivity contribution in [2.45, 2.75) is 66.8 Å². The van der Waals surface area contributed by atoms with E-state index in [1.54, 1.807) is 36.0 Å². The number of anilines is 1. The molecule has 0 saturated heterocycles. The molecule has 5 nitrogen and oxygen atoms in total. The molecular weight excluding hydrogens is 426 g/mol. The van der Waals surface area contributed by atoms with E-state index in [0.717, 1.165) is 42.7 Å². The molecule has 2 aliphatic rings. The molecule has 0 spiro atoms. The Hall–Kier alpha value is -1.44. The van der Waals surface area contributed by atoms with E-state index in [-0.39, 0.29) is 23.3 Å². The van der Waals surface area contributed by atoms with Crippen LogP contribution in [0.25, 0.3) is 0 Å². The standard InChI is InChI=1S/C21H24ClN3O2S2/c1-13-11-17-19(29-13)20(27)25(16-5-3-2-4-6-16)21(24-17)28-12-18(26)23-15-9-7-14(22)8-10-15/h7-10,13,16H,2-6,11-12H2,1H3,(H,23,26). The fourth-order valence-corrected chi connectivity index (χ4v) is 6.05. The third-order valence-corrected chi connectivity index (χ3v) is 7.73. The predicted octanol–water partition coefficient (Wildman–Crippen LogP) is 5.17. The van der Waals surface area contributed by atoms with E-state index in [2.05, 4.69) is 12.2 Å². The largest absolute Gasteiger partial charge is 0.325 e. The molecule has 8 heteroatoms. The molecule has 0 bridgehead atoms. The number of aromatic nitrogens is 2. The summed E-state index contributed by atoms with van der Waals surface area (Å²) in [6, 6.07) is 7.22. The molecule has 4 rings (SSSR count). The molecule has 1 N–H and O–H groups in total. The molecule has 1 aliphatic heterocycles. The molecule has 1 aromatic carbocycles. The molecule has 1 aromatic heterocycles. The normalized spacial score (nSPS) is 19.2. The summed E-state index contributed by atoms with van der Waals surface area (Å²) >= 11 is 8.89. The summed E-state index contributed by atoms with van der Waals surface area (Å²) in [5, 5.41) is 4.56. The number of amides is 1. The molecule has 0 radical (unpaired) electrons. The van der Waals surface area contributed by atoms with Gasteiger partial charge in [0, 0.05) is 28.4 Å². The van der Waals surface area contributed by atoms with Gasteiger partial charge in [0.2, 0.25) is 5.91 Å². The predicted molar refractivity (Wildman–Crippen MR) is 120 cm³/mol. The average Bonchev–Trinajstić information content (AvgIpc) is 3.09. The summed E-state index contributed by atoms with van der Waals surface area (Å²) in [5.41, 5.74) is 1.67. The lowest BCUT2D eigenvalue weighted by molar-refractivity contribution is -0.113. The second kappa shape index (κ2) is 9.14. The highest BCUT2D eigenvalue weighted by Crippen LogP contribution is 2.37. The van der Waals surface area contributed by atoms with Gasteiger partial charge in [0.15, 0.2) is 5.16 Å². The number of benzene rings is 1. The van der Waals surface area contributed by atoms with Crippen molar-refractivity contribution in [3.8, 4) is 0 Å². The number of nitrogens with one attached hydrogen (secondary N) is 1. The highest BCUT2D eigenvalue weighted by atomic mass is 35.5. The fourth-order valence-electron chi connectivity index (χ4n) is 3.94. The molecule has 29 heavy (non-hydrogen) atoms. The van der Waals surface area contributed by atoms with Crippen molar-refractivity contribution in [1.29, 1.82) is 0 Å². The van der Waals surface area contributed by atoms with Crippen LogP contribution in [0, 0.1) is 0 Å². The van der Waals surface area contributed by atoms with Gasteiger partial charge < -0.3 is 5.32 Å². The van der Waals surface area contributed by atoms with Gasteiger partial charge in [-0.25, -0.2) is 4.98 Å². The van der Waals surface area contributed by atoms with Crippen LogP contribution in [0.15, 0.2) is 39.1 Å². The molecule has 1 saturated carbocycles. The minimum absolute atomic E-state index is 0.0804. The van der Waals surface area contributed by atoms with E-state index in [1.165, 1.54) is 18.2 Å². The van der Waals surface area contributed by atoms with Crippen LogP contribution in [0.3, 0.4) is 0 Å². The number of thioether (sulfide) groups is 2. The zero-order chi connectivity index (χ0) is 20.4. The number of fused-ring (bicyclic) bond motifs is 1. The van der Waals surface area contributed by atoms with Gasteiger partial charge in [-0.05, 0) is 37.1 Å². The van der Waals surface area contributed by atoms with E-state index in [1.807, 2.05) is 4.57 Å². The van der Waals surface area contributed by atoms with E-state index < -0.39 is 0 Å². The zero-order valence-electron chi connectivity index (χ0n) is 16.3. The van der Waals surface area contributed by atoms with Crippen molar-refractivity contribution in [1.82, 2.24) is 9.55 Å². The van der Waals surface area contributed by atoms with Crippen molar-refractivity contribution >= 4 is 46.7 Å². The first-order valence-electron chi connectivity index (χ1n) is 10.0. The van der Waals surface area contributed by atoms with Crippen molar-refractivity contribution < 1.29 is 4.79 Å². The highest BCUT2D eigenvalue weighted by molar-refractivity contribution is 8.00. The smallest absolute Gasteiger partial charge is 0.268 e. The van der Waals surface area contributed by atoms with Gasteiger partial charge in [-0.1, -0.05) is 49.5 Å². The number of hydrogen-bond acceptors (Lipinski definition) is 5. The Morgan fingerprint density at radius 1 is 1.28 bits per heavy atom. The molecule has 2 aromatic rings. The average molecular weight is 450 g/mol. The van der Waals surface area contributed by atoms with Crippen LogP contribution in [0.5, 0.6) is 0 Å². The van der Waals surface area contributed by atoms with Gasteiger partial charge in [-0.3, -0.25) is 14.2 Å². The maximum atomic E-state index is 13.3. The van der Waals surface area contributed by atoms with E-state index >= 15 is 0 Å². The maximum absolute atomic E-state index is 13.3. The first kappa shape index (κ1) is 20.8. The Labute approximate surface area is 184 Å². The topological polar surface area (TPSA) is 64.0 Å². The Morgan fingerprint density at radius 3 is 2.72 bits per heavy atom. The Bertz CT molecular complexity index is 956. The molecule has 1 atom stereocenters. The second-order valence-corrected chi connectivity index (χ2v) is 10.4. The van der Waals surface area contributed by atoms with Crippen molar-refractivity contribution in [2.75, 3.05) is 11.1 Å². The van der Waals surface area contributed by atoms with Crippen LogP contribution in [-0.4, -0.2) is 26.5 Å². The molecule has 2 heterocycles. The Balaban J connectivity index is 1.54. The van der Waals surface area contributed by atoms with Crippen molar-refractivity contribution in [3.05, 3.63) is 45.3 Å². The second-order valence-electron chi connectivity index (χ2n) is 7.61. The van der Waals surface area contributed by atoms with Crippen LogP contribution in [-0.2, 0) is 11.2 Å². The van der Waals surface area contributed by atoms with Crippen LogP contribution in [0.4, 0.5) is 5.69 Å². The first-order valence-corrected chi connectivity index (χ1v) is 12.3. The fraction of sp³-hybridized carbons (Fsp3) is 0.476. The number of carbonyl (C=O) groups excluding carboxylic acids is 1. The number of nitrogens with zero attached hydrogens (tertiary/aromatic N) is 2. The molecule has 154 valence electrons. The Morgan fingerprint density at radius 2 is 2.00 bits per heavy atom. The lowest BCUT2D eigenvalue weighted by Crippen LogP contribution is -2.30. The highest BCUT2D eigenvalue weighted by Gasteiger charge is 2.29. The van der Waals surface area contributed by atoms with Crippen LogP contribution < -0.4 is 10.9 Å². The van der Waals surface area contributed by atoms with E-state index in [0.29, 0.717) is 21.1 Å². The van der Waals surface area contributed by atoms with Gasteiger partial charge in [0.05, 0.1) is 16.3 Å². The summed E-state index contributed by atoms with van der Waals surface area (Å²) in [4.78, 5) is 31.4. The molecular formula is C21H24ClN3O2S2. The van der Waals surface area contributed by atoms with E-state index in [4.69, 9.17) is 16.6 Å². The van der Waals surface area contributed by atoms with Gasteiger partial charge in [-0.15, -0.1) is 11.8 Å². The summed E-state index contributed by atoms with van der Waals surface area (Å²) in [6.45, 7) is 2.13. The van der Waals surface area contributed by atoms with Crippen molar-refractivity contribution in [2.24, 2.45) is 0 Å². The van der Waals surface area contributed by atoms with Gasteiger partial charge in [0.25, 0.3) is 5.56 Å². The lowest BCUT2D eigenvalue weighted by Gasteiger charge is -2.26. The SMILES string of the molecule is CC1Cc2nc(SCC(=O)Nc3ccc(Cl)cc3)n(C3CCCCC3)c(=O)c2S1. The number of hydrogen-bond donors (Lipinski definition) is 1. The summed E-state index contributed by atoms with van der Waals surface area (Å²) in [6.07, 6.45) is 6.32. The Kier molecular flexibility index (Phi) is 6.56. The van der Waals surface area contributed by atoms with E-state index in [9.17, 15) is 9.59 Å². The van der Waals surface area contributed by atoms with Crippen LogP contribution >= 0.6 is 35.1 Å². The molecule has 1 unspecified atom stereocenters. The maximum Gasteiger partial charge on any atom is 0.268 e. The quantitative estimate of drug-likeness (QED) is 0.504. The summed E-state index contributed by atoms with van der Waals surface area (Å²) in [5.74, 6) is 0.0912. The third-order valence-electron chi connectivity index (χ3n) is 5.31. The van der Waals surface area contributed by atoms with Gasteiger partial charge >= 0.3 is 0 Å². The van der Waals surface area contributed by atoms with Crippen molar-refractivity contribution in [3.63, 3.8) is 0 Å². The zero-order valence-corrected chi connectivity index (χ0v) is 18.7. The molecule has 1 amide bonds. The van der Waals surface area contributed by atoms with Gasteiger partial charge in [-0.2, -0.15) is 0 Å². The lowest BCUT2D eigenvalue weighted by atomic mass is 9.95. The number of rotatable bonds is 5. The monoisotopic (exact) mass is 449 g/mol. The molecule has 1 fully saturated rings. The first-order chi connectivity index (χ1) is 14.0. The van der Waals surface area contributed by atoms with Crippen LogP contribution in [0.1, 0.15) is 50.8 Å². The summed E-state index contributed by atoms with van der Waals surface area (Å²) in [7, 11) is 0. The van der Waals surface area contributed by atoms with Crippen LogP contribution in [0.2, 0.25) is 5.02 Å². The molecule has 1 aliphatic carbocycles.